The lowest BCUT2D eigenvalue weighted by Gasteiger charge is -2.13. The van der Waals surface area contributed by atoms with Crippen LogP contribution in [0.15, 0.2) is 12.1 Å². The number of benzene rings is 1. The van der Waals surface area contributed by atoms with Gasteiger partial charge in [0.1, 0.15) is 5.75 Å². The Morgan fingerprint density at radius 3 is 2.53 bits per heavy atom. The molecule has 0 amide bonds. The summed E-state index contributed by atoms with van der Waals surface area (Å²) in [6.07, 6.45) is 0. The molecule has 1 rings (SSSR count). The summed E-state index contributed by atoms with van der Waals surface area (Å²) in [7, 11) is 3.18. The van der Waals surface area contributed by atoms with E-state index >= 15 is 0 Å². The first kappa shape index (κ1) is 12.3. The first-order valence-electron chi connectivity index (χ1n) is 4.38. The van der Waals surface area contributed by atoms with Gasteiger partial charge in [-0.1, -0.05) is 11.6 Å². The molecule has 0 radical (unpaired) electrons. The zero-order chi connectivity index (χ0) is 11.3. The van der Waals surface area contributed by atoms with Gasteiger partial charge < -0.3 is 9.47 Å². The second-order valence-corrected chi connectivity index (χ2v) is 3.43. The third-order valence-corrected chi connectivity index (χ3v) is 2.23. The number of ether oxygens (including phenoxy) is 2. The molecule has 4 nitrogen and oxygen atoms in total. The van der Waals surface area contributed by atoms with Gasteiger partial charge in [0, 0.05) is 17.7 Å². The Morgan fingerprint density at radius 1 is 1.27 bits per heavy atom. The molecular formula is C10H14ClNO3. The highest BCUT2D eigenvalue weighted by atomic mass is 35.5. The number of nitrogens with two attached hydrogens (primary N) is 1. The average Bonchev–Trinajstić information content (AvgIpc) is 2.22. The standard InChI is InChI=1S/C10H14ClNO3/c1-13-5-7-3-8(11)4-10(14-2)9(7)6-15-12/h3-4H,5-6,12H2,1-2H3. The molecule has 0 aliphatic heterocycles. The molecule has 0 saturated heterocycles. The van der Waals surface area contributed by atoms with Crippen LogP contribution >= 0.6 is 11.6 Å². The Hall–Kier alpha value is -0.810. The van der Waals surface area contributed by atoms with E-state index in [-0.39, 0.29) is 6.61 Å². The van der Waals surface area contributed by atoms with Gasteiger partial charge in [0.2, 0.25) is 0 Å². The molecule has 0 spiro atoms. The molecule has 1 aromatic rings. The van der Waals surface area contributed by atoms with Crippen molar-refractivity contribution in [3.8, 4) is 5.75 Å². The second-order valence-electron chi connectivity index (χ2n) is 2.99. The van der Waals surface area contributed by atoms with Crippen LogP contribution in [-0.4, -0.2) is 14.2 Å². The lowest BCUT2D eigenvalue weighted by atomic mass is 10.1. The second kappa shape index (κ2) is 5.92. The summed E-state index contributed by atoms with van der Waals surface area (Å²) in [6, 6.07) is 3.52. The van der Waals surface area contributed by atoms with Crippen molar-refractivity contribution in [2.24, 2.45) is 5.90 Å². The van der Waals surface area contributed by atoms with Gasteiger partial charge in [-0.2, -0.15) is 0 Å². The molecule has 0 fully saturated rings. The monoisotopic (exact) mass is 231 g/mol. The van der Waals surface area contributed by atoms with Gasteiger partial charge in [0.25, 0.3) is 0 Å². The van der Waals surface area contributed by atoms with Crippen molar-refractivity contribution < 1.29 is 14.3 Å². The van der Waals surface area contributed by atoms with Crippen molar-refractivity contribution in [1.82, 2.24) is 0 Å². The van der Waals surface area contributed by atoms with Crippen LogP contribution in [0.5, 0.6) is 5.75 Å². The quantitative estimate of drug-likeness (QED) is 0.787. The van der Waals surface area contributed by atoms with Gasteiger partial charge in [-0.3, -0.25) is 4.84 Å². The molecule has 5 heteroatoms. The van der Waals surface area contributed by atoms with Crippen LogP contribution in [0.1, 0.15) is 11.1 Å². The van der Waals surface area contributed by atoms with E-state index in [4.69, 9.17) is 27.0 Å². The van der Waals surface area contributed by atoms with Crippen LogP contribution in [0.2, 0.25) is 5.02 Å². The Bertz CT molecular complexity index is 331. The Morgan fingerprint density at radius 2 is 2.00 bits per heavy atom. The fraction of sp³-hybridized carbons (Fsp3) is 0.400. The third kappa shape index (κ3) is 3.07. The summed E-state index contributed by atoms with van der Waals surface area (Å²) in [6.45, 7) is 0.703. The fourth-order valence-electron chi connectivity index (χ4n) is 1.38. The largest absolute Gasteiger partial charge is 0.496 e. The molecule has 15 heavy (non-hydrogen) atoms. The third-order valence-electron chi connectivity index (χ3n) is 2.01. The van der Waals surface area contributed by atoms with E-state index in [1.165, 1.54) is 0 Å². The lowest BCUT2D eigenvalue weighted by molar-refractivity contribution is 0.118. The SMILES string of the molecule is COCc1cc(Cl)cc(OC)c1CON. The molecule has 84 valence electrons. The first-order chi connectivity index (χ1) is 7.22. The van der Waals surface area contributed by atoms with Crippen LogP contribution in [-0.2, 0) is 22.8 Å². The van der Waals surface area contributed by atoms with Crippen LogP contribution in [0.3, 0.4) is 0 Å². The van der Waals surface area contributed by atoms with Gasteiger partial charge in [-0.25, -0.2) is 5.90 Å². The van der Waals surface area contributed by atoms with Gasteiger partial charge in [0.05, 0.1) is 20.3 Å². The van der Waals surface area contributed by atoms with Crippen LogP contribution in [0.25, 0.3) is 0 Å². The van der Waals surface area contributed by atoms with Crippen molar-refractivity contribution in [3.63, 3.8) is 0 Å². The molecule has 0 atom stereocenters. The Labute approximate surface area is 93.8 Å². The number of hydrogen-bond donors (Lipinski definition) is 1. The van der Waals surface area contributed by atoms with E-state index in [1.807, 2.05) is 6.07 Å². The molecule has 2 N–H and O–H groups in total. The van der Waals surface area contributed by atoms with E-state index in [9.17, 15) is 0 Å². The predicted octanol–water partition coefficient (Wildman–Crippen LogP) is 1.89. The topological polar surface area (TPSA) is 53.7 Å². The average molecular weight is 232 g/mol. The fourth-order valence-corrected chi connectivity index (χ4v) is 1.61. The maximum absolute atomic E-state index is 5.93. The molecule has 0 aliphatic carbocycles. The van der Waals surface area contributed by atoms with E-state index < -0.39 is 0 Å². The van der Waals surface area contributed by atoms with E-state index in [0.29, 0.717) is 17.4 Å². The summed E-state index contributed by atoms with van der Waals surface area (Å²) in [5.74, 6) is 5.71. The summed E-state index contributed by atoms with van der Waals surface area (Å²) in [4.78, 5) is 4.62. The number of halogens is 1. The highest BCUT2D eigenvalue weighted by Gasteiger charge is 2.11. The summed E-state index contributed by atoms with van der Waals surface area (Å²) in [5.41, 5.74) is 1.76. The highest BCUT2D eigenvalue weighted by Crippen LogP contribution is 2.28. The maximum atomic E-state index is 5.93. The zero-order valence-electron chi connectivity index (χ0n) is 8.75. The predicted molar refractivity (Wildman–Crippen MR) is 57.7 cm³/mol. The lowest BCUT2D eigenvalue weighted by Crippen LogP contribution is -2.05. The summed E-state index contributed by atoms with van der Waals surface area (Å²) in [5, 5.41) is 0.597. The van der Waals surface area contributed by atoms with Gasteiger partial charge >= 0.3 is 0 Å². The number of hydrogen-bond acceptors (Lipinski definition) is 4. The van der Waals surface area contributed by atoms with Gasteiger partial charge in [-0.05, 0) is 17.7 Å². The minimum Gasteiger partial charge on any atom is -0.496 e. The van der Waals surface area contributed by atoms with Gasteiger partial charge in [-0.15, -0.1) is 0 Å². The van der Waals surface area contributed by atoms with Crippen molar-refractivity contribution in [1.29, 1.82) is 0 Å². The minimum atomic E-state index is 0.263. The Balaban J connectivity index is 3.14. The van der Waals surface area contributed by atoms with E-state index in [2.05, 4.69) is 4.84 Å². The van der Waals surface area contributed by atoms with Crippen molar-refractivity contribution >= 4 is 11.6 Å². The van der Waals surface area contributed by atoms with Crippen LogP contribution in [0.4, 0.5) is 0 Å². The molecule has 0 aliphatic rings. The maximum Gasteiger partial charge on any atom is 0.126 e. The molecular weight excluding hydrogens is 218 g/mol. The zero-order valence-corrected chi connectivity index (χ0v) is 9.50. The first-order valence-corrected chi connectivity index (χ1v) is 4.76. The van der Waals surface area contributed by atoms with Crippen molar-refractivity contribution in [2.45, 2.75) is 13.2 Å². The molecule has 0 bridgehead atoms. The summed E-state index contributed by atoms with van der Waals surface area (Å²) < 4.78 is 10.2. The van der Waals surface area contributed by atoms with Crippen molar-refractivity contribution in [2.75, 3.05) is 14.2 Å². The van der Waals surface area contributed by atoms with Gasteiger partial charge in [0.15, 0.2) is 0 Å². The molecule has 0 aromatic heterocycles. The normalized spacial score (nSPS) is 10.4. The number of rotatable bonds is 5. The van der Waals surface area contributed by atoms with Crippen LogP contribution < -0.4 is 10.6 Å². The van der Waals surface area contributed by atoms with Crippen molar-refractivity contribution in [3.05, 3.63) is 28.3 Å². The molecule has 0 saturated carbocycles. The molecule has 0 heterocycles. The Kier molecular flexibility index (Phi) is 4.84. The molecule has 0 unspecified atom stereocenters. The van der Waals surface area contributed by atoms with E-state index in [1.54, 1.807) is 20.3 Å². The van der Waals surface area contributed by atoms with Crippen LogP contribution in [0, 0.1) is 0 Å². The molecule has 1 aromatic carbocycles. The summed E-state index contributed by atoms with van der Waals surface area (Å²) >= 11 is 5.93. The van der Waals surface area contributed by atoms with E-state index in [0.717, 1.165) is 11.1 Å². The smallest absolute Gasteiger partial charge is 0.126 e. The minimum absolute atomic E-state index is 0.263. The highest BCUT2D eigenvalue weighted by molar-refractivity contribution is 6.30. The number of methoxy groups -OCH3 is 2.